The highest BCUT2D eigenvalue weighted by Crippen LogP contribution is 2.36. The van der Waals surface area contributed by atoms with Crippen molar-refractivity contribution in [2.24, 2.45) is 10.2 Å². The van der Waals surface area contributed by atoms with E-state index in [4.69, 9.17) is 9.44 Å². The second-order valence-electron chi connectivity index (χ2n) is 8.49. The first-order valence-electron chi connectivity index (χ1n) is 11.5. The number of hydrogen-bond acceptors (Lipinski definition) is 14. The first-order valence-corrected chi connectivity index (χ1v) is 16.7. The summed E-state index contributed by atoms with van der Waals surface area (Å²) in [5.74, 6) is -0.433. The van der Waals surface area contributed by atoms with Gasteiger partial charge in [0.2, 0.25) is 0 Å². The summed E-state index contributed by atoms with van der Waals surface area (Å²) in [5.41, 5.74) is -1.01. The fraction of sp³-hybridized carbons (Fsp3) is 0.136. The van der Waals surface area contributed by atoms with E-state index < -0.39 is 56.9 Å². The summed E-state index contributed by atoms with van der Waals surface area (Å²) in [6.07, 6.45) is 0. The van der Waals surface area contributed by atoms with Gasteiger partial charge in [-0.15, -0.1) is 14.6 Å². The minimum atomic E-state index is -5.01. The van der Waals surface area contributed by atoms with Crippen LogP contribution < -0.4 is 5.56 Å². The number of H-pyrrole nitrogens is 1. The Kier molecular flexibility index (Phi) is 9.51. The largest absolute Gasteiger partial charge is 0.299 e. The molecule has 4 rings (SSSR count). The zero-order chi connectivity index (χ0) is 31.6. The average Bonchev–Trinajstić information content (AvgIpc) is 3.22. The Balaban J connectivity index is 1.67. The van der Waals surface area contributed by atoms with Gasteiger partial charge in [0, 0.05) is 10.8 Å². The molecule has 0 radical (unpaired) electrons. The standard InChI is InChI=1S/C22H20N4O13S4/c1-13-20(22(27)26(25-13)14-5-7-15(8-6-14)41(29,30)12-11-37-40-39-38-28)24-23-18-10-9-16-17(21(18)43(34,35)36)3-2-4-19(16)42(31,32)33/h2-10,25,28H,11-12H2,1H3,(H,31,32,33)(H,34,35,36). The molecule has 0 atom stereocenters. The number of sulfone groups is 1. The van der Waals surface area contributed by atoms with Crippen LogP contribution in [0.15, 0.2) is 84.3 Å². The Labute approximate surface area is 247 Å². The Bertz CT molecular complexity index is 2090. The van der Waals surface area contributed by atoms with Crippen LogP contribution in [0.1, 0.15) is 5.69 Å². The second kappa shape index (κ2) is 12.6. The van der Waals surface area contributed by atoms with E-state index in [-0.39, 0.29) is 51.7 Å². The summed E-state index contributed by atoms with van der Waals surface area (Å²) < 4.78 is 102. The molecule has 0 bridgehead atoms. The van der Waals surface area contributed by atoms with E-state index in [0.29, 0.717) is 0 Å². The van der Waals surface area contributed by atoms with Gasteiger partial charge < -0.3 is 0 Å². The summed E-state index contributed by atoms with van der Waals surface area (Å²) in [6, 6.07) is 10.8. The highest BCUT2D eigenvalue weighted by Gasteiger charge is 2.24. The topological polar surface area (TPSA) is 253 Å². The number of aromatic nitrogens is 2. The molecule has 17 nitrogen and oxygen atoms in total. The van der Waals surface area contributed by atoms with Crippen LogP contribution in [-0.4, -0.2) is 61.8 Å². The third-order valence-corrected chi connectivity index (χ3v) is 9.71. The van der Waals surface area contributed by atoms with E-state index in [1.54, 1.807) is 0 Å². The molecule has 230 valence electrons. The van der Waals surface area contributed by atoms with Crippen LogP contribution in [0.2, 0.25) is 0 Å². The van der Waals surface area contributed by atoms with Crippen molar-refractivity contribution in [2.75, 3.05) is 12.4 Å². The quantitative estimate of drug-likeness (QED) is 0.0419. The molecule has 0 aliphatic rings. The molecule has 0 amide bonds. The highest BCUT2D eigenvalue weighted by atomic mass is 32.2. The predicted octanol–water partition coefficient (Wildman–Crippen LogP) is 3.31. The third kappa shape index (κ3) is 7.18. The molecule has 1 heterocycles. The molecule has 0 aliphatic carbocycles. The van der Waals surface area contributed by atoms with Crippen molar-refractivity contribution in [2.45, 2.75) is 21.6 Å². The number of fused-ring (bicyclic) bond motifs is 1. The molecule has 4 N–H and O–H groups in total. The molecule has 0 aliphatic heterocycles. The summed E-state index contributed by atoms with van der Waals surface area (Å²) in [5, 5.41) is 21.3. The van der Waals surface area contributed by atoms with E-state index in [9.17, 15) is 39.2 Å². The monoisotopic (exact) mass is 676 g/mol. The molecule has 43 heavy (non-hydrogen) atoms. The lowest BCUT2D eigenvalue weighted by Gasteiger charge is -2.09. The summed E-state index contributed by atoms with van der Waals surface area (Å²) >= 11 is 0.232. The fourth-order valence-electron chi connectivity index (χ4n) is 3.94. The number of azo groups is 1. The Morgan fingerprint density at radius 3 is 2.23 bits per heavy atom. The Morgan fingerprint density at radius 2 is 1.60 bits per heavy atom. The zero-order valence-electron chi connectivity index (χ0n) is 21.5. The lowest BCUT2D eigenvalue weighted by Crippen LogP contribution is -2.15. The first kappa shape index (κ1) is 32.4. The van der Waals surface area contributed by atoms with Crippen LogP contribution in [0.25, 0.3) is 16.5 Å². The summed E-state index contributed by atoms with van der Waals surface area (Å²) in [6.45, 7) is 1.18. The van der Waals surface area contributed by atoms with Gasteiger partial charge in [0.25, 0.3) is 25.8 Å². The van der Waals surface area contributed by atoms with Crippen LogP contribution in [0.5, 0.6) is 0 Å². The fourth-order valence-corrected chi connectivity index (χ4v) is 6.88. The second-order valence-corrected chi connectivity index (χ2v) is 13.9. The van der Waals surface area contributed by atoms with E-state index in [0.717, 1.165) is 28.9 Å². The number of benzene rings is 3. The van der Waals surface area contributed by atoms with Gasteiger partial charge in [0.05, 0.1) is 28.6 Å². The molecule has 3 aromatic carbocycles. The van der Waals surface area contributed by atoms with Crippen LogP contribution >= 0.6 is 12.3 Å². The molecule has 0 unspecified atom stereocenters. The molecule has 0 saturated heterocycles. The number of nitrogens with zero attached hydrogens (tertiary/aromatic N) is 3. The van der Waals surface area contributed by atoms with Crippen LogP contribution in [0, 0.1) is 6.92 Å². The van der Waals surface area contributed by atoms with E-state index in [2.05, 4.69) is 24.7 Å². The van der Waals surface area contributed by atoms with Gasteiger partial charge in [-0.05, 0) is 43.3 Å². The van der Waals surface area contributed by atoms with Gasteiger partial charge in [0.1, 0.15) is 15.5 Å². The lowest BCUT2D eigenvalue weighted by atomic mass is 10.1. The predicted molar refractivity (Wildman–Crippen MR) is 149 cm³/mol. The summed E-state index contributed by atoms with van der Waals surface area (Å²) in [4.78, 5) is 11.6. The van der Waals surface area contributed by atoms with Crippen LogP contribution in [-0.2, 0) is 43.6 Å². The van der Waals surface area contributed by atoms with Gasteiger partial charge in [-0.3, -0.25) is 23.2 Å². The van der Waals surface area contributed by atoms with Crippen molar-refractivity contribution < 1.29 is 53.2 Å². The molecule has 4 aromatic rings. The molecule has 0 spiro atoms. The molecule has 21 heteroatoms. The third-order valence-electron chi connectivity index (χ3n) is 5.78. The smallest absolute Gasteiger partial charge is 0.293 e. The summed E-state index contributed by atoms with van der Waals surface area (Å²) in [7, 11) is -13.5. The van der Waals surface area contributed by atoms with Gasteiger partial charge in [-0.1, -0.05) is 23.2 Å². The number of aryl methyl sites for hydroxylation is 1. The minimum absolute atomic E-state index is 0.0772. The van der Waals surface area contributed by atoms with Crippen molar-refractivity contribution in [3.63, 3.8) is 0 Å². The number of aromatic amines is 1. The maximum Gasteiger partial charge on any atom is 0.299 e. The van der Waals surface area contributed by atoms with Crippen molar-refractivity contribution in [3.8, 4) is 5.69 Å². The molecular weight excluding hydrogens is 657 g/mol. The molecule has 0 fully saturated rings. The van der Waals surface area contributed by atoms with E-state index in [1.165, 1.54) is 37.3 Å². The number of rotatable bonds is 12. The van der Waals surface area contributed by atoms with Crippen LogP contribution in [0.4, 0.5) is 11.4 Å². The SMILES string of the molecule is Cc1[nH]n(-c2ccc(S(=O)(=O)CCOSOOO)cc2)c(=O)c1N=Nc1ccc2c(S(=O)(=O)O)cccc2c1S(=O)(=O)O. The maximum atomic E-state index is 13.1. The first-order chi connectivity index (χ1) is 20.1. The normalized spacial score (nSPS) is 12.8. The Morgan fingerprint density at radius 1 is 0.907 bits per heavy atom. The number of nitrogens with one attached hydrogen (secondary N) is 1. The van der Waals surface area contributed by atoms with Crippen molar-refractivity contribution in [1.82, 2.24) is 9.78 Å². The Hall–Kier alpha value is -3.51. The van der Waals surface area contributed by atoms with Crippen molar-refractivity contribution in [3.05, 3.63) is 70.6 Å². The van der Waals surface area contributed by atoms with Gasteiger partial charge in [-0.25, -0.2) is 18.4 Å². The molecular formula is C22H20N4O13S4. The lowest BCUT2D eigenvalue weighted by molar-refractivity contribution is -0.434. The van der Waals surface area contributed by atoms with Crippen molar-refractivity contribution >= 4 is 64.5 Å². The zero-order valence-corrected chi connectivity index (χ0v) is 24.8. The van der Waals surface area contributed by atoms with Gasteiger partial charge in [-0.2, -0.15) is 16.8 Å². The van der Waals surface area contributed by atoms with E-state index >= 15 is 0 Å². The van der Waals surface area contributed by atoms with Gasteiger partial charge >= 0.3 is 0 Å². The number of hydrogen-bond donors (Lipinski definition) is 4. The van der Waals surface area contributed by atoms with Crippen molar-refractivity contribution in [1.29, 1.82) is 0 Å². The average molecular weight is 677 g/mol. The minimum Gasteiger partial charge on any atom is -0.293 e. The highest BCUT2D eigenvalue weighted by molar-refractivity contribution is 7.91. The van der Waals surface area contributed by atoms with E-state index in [1.807, 2.05) is 0 Å². The molecule has 1 aromatic heterocycles. The van der Waals surface area contributed by atoms with Gasteiger partial charge in [0.15, 0.2) is 27.8 Å². The maximum absolute atomic E-state index is 13.1. The van der Waals surface area contributed by atoms with Crippen LogP contribution in [0.3, 0.4) is 0 Å². The molecule has 0 saturated carbocycles.